The topological polar surface area (TPSA) is 12.0 Å². The van der Waals surface area contributed by atoms with Crippen molar-refractivity contribution in [1.29, 1.82) is 0 Å². The second kappa shape index (κ2) is 4.18. The molecule has 1 atom stereocenters. The normalized spacial score (nSPS) is 20.2. The number of rotatable bonds is 0. The summed E-state index contributed by atoms with van der Waals surface area (Å²) in [6.45, 7) is 6.97. The fraction of sp³-hybridized carbons (Fsp3) is 0.571. The van der Waals surface area contributed by atoms with Gasteiger partial charge in [-0.2, -0.15) is 13.2 Å². The summed E-state index contributed by atoms with van der Waals surface area (Å²) in [6, 6.07) is 4.42. The number of hydrogen-bond acceptors (Lipinski definition) is 1. The molecule has 1 unspecified atom stereocenters. The number of fused-ring (bicyclic) bond motifs is 1. The summed E-state index contributed by atoms with van der Waals surface area (Å²) in [4.78, 5) is 0. The van der Waals surface area contributed by atoms with Gasteiger partial charge in [0.1, 0.15) is 0 Å². The first-order valence-corrected chi connectivity index (χ1v) is 6.12. The molecule has 1 aliphatic heterocycles. The summed E-state index contributed by atoms with van der Waals surface area (Å²) in [5.41, 5.74) is 0.590. The summed E-state index contributed by atoms with van der Waals surface area (Å²) in [6.07, 6.45) is -3.58. The van der Waals surface area contributed by atoms with E-state index in [-0.39, 0.29) is 11.1 Å². The Labute approximate surface area is 105 Å². The highest BCUT2D eigenvalue weighted by atomic mass is 19.4. The first kappa shape index (κ1) is 13.2. The van der Waals surface area contributed by atoms with Gasteiger partial charge in [-0.15, -0.1) is 0 Å². The van der Waals surface area contributed by atoms with E-state index in [1.807, 2.05) is 0 Å². The average Bonchev–Trinajstić information content (AvgIpc) is 2.25. The van der Waals surface area contributed by atoms with Crippen LogP contribution in [0.1, 0.15) is 31.9 Å². The van der Waals surface area contributed by atoms with Crippen molar-refractivity contribution in [2.24, 2.45) is 11.3 Å². The number of benzene rings is 1. The Balaban J connectivity index is 2.36. The zero-order valence-corrected chi connectivity index (χ0v) is 10.9. The van der Waals surface area contributed by atoms with Gasteiger partial charge >= 0.3 is 6.18 Å². The molecule has 0 aromatic heterocycles. The van der Waals surface area contributed by atoms with Crippen molar-refractivity contribution in [1.82, 2.24) is 0 Å². The monoisotopic (exact) mass is 257 g/mol. The maximum atomic E-state index is 12.9. The third-order valence-electron chi connectivity index (χ3n) is 3.67. The molecule has 0 radical (unpaired) electrons. The molecule has 1 aliphatic rings. The van der Waals surface area contributed by atoms with Crippen LogP contribution in [0, 0.1) is 11.3 Å². The van der Waals surface area contributed by atoms with Gasteiger partial charge in [-0.05, 0) is 29.4 Å². The molecule has 1 aromatic rings. The third-order valence-corrected chi connectivity index (χ3v) is 3.67. The van der Waals surface area contributed by atoms with E-state index in [0.717, 1.165) is 11.6 Å². The van der Waals surface area contributed by atoms with Crippen molar-refractivity contribution in [3.8, 4) is 0 Å². The van der Waals surface area contributed by atoms with E-state index >= 15 is 0 Å². The second-order valence-corrected chi connectivity index (χ2v) is 5.99. The zero-order chi connectivity index (χ0) is 13.6. The minimum atomic E-state index is -4.28. The number of alkyl halides is 3. The van der Waals surface area contributed by atoms with E-state index in [0.29, 0.717) is 18.9 Å². The molecule has 1 heterocycles. The van der Waals surface area contributed by atoms with Crippen LogP contribution in [0.2, 0.25) is 0 Å². The van der Waals surface area contributed by atoms with Gasteiger partial charge in [0.05, 0.1) is 5.56 Å². The van der Waals surface area contributed by atoms with Crippen molar-refractivity contribution >= 4 is 5.69 Å². The summed E-state index contributed by atoms with van der Waals surface area (Å²) in [7, 11) is 0. The lowest BCUT2D eigenvalue weighted by molar-refractivity contribution is -0.137. The average molecular weight is 257 g/mol. The smallest absolute Gasteiger partial charge is 0.384 e. The van der Waals surface area contributed by atoms with Gasteiger partial charge in [0.15, 0.2) is 0 Å². The SMILES string of the molecule is CC(C)(C)C1CNc2c(cccc2C(F)(F)F)C1. The fourth-order valence-electron chi connectivity index (χ4n) is 2.39. The van der Waals surface area contributed by atoms with Crippen LogP contribution < -0.4 is 5.32 Å². The molecule has 1 N–H and O–H groups in total. The van der Waals surface area contributed by atoms with Crippen LogP contribution >= 0.6 is 0 Å². The molecule has 1 aromatic carbocycles. The highest BCUT2D eigenvalue weighted by molar-refractivity contribution is 5.60. The number of halogens is 3. The minimum Gasteiger partial charge on any atom is -0.384 e. The lowest BCUT2D eigenvalue weighted by Gasteiger charge is -2.36. The standard InChI is InChI=1S/C14H18F3N/c1-13(2,3)10-7-9-5-4-6-11(14(15,16)17)12(9)18-8-10/h4-6,10,18H,7-8H2,1-3H3. The largest absolute Gasteiger partial charge is 0.418 e. The molecule has 4 heteroatoms. The first-order valence-electron chi connectivity index (χ1n) is 6.12. The lowest BCUT2D eigenvalue weighted by Crippen LogP contribution is -2.34. The van der Waals surface area contributed by atoms with Crippen LogP contribution in [0.4, 0.5) is 18.9 Å². The number of hydrogen-bond donors (Lipinski definition) is 1. The molecule has 18 heavy (non-hydrogen) atoms. The van der Waals surface area contributed by atoms with Crippen molar-refractivity contribution in [3.63, 3.8) is 0 Å². The Bertz CT molecular complexity index is 443. The summed E-state index contributed by atoms with van der Waals surface area (Å²) in [5.74, 6) is 0.355. The molecule has 0 fully saturated rings. The van der Waals surface area contributed by atoms with Gasteiger partial charge in [0.2, 0.25) is 0 Å². The zero-order valence-electron chi connectivity index (χ0n) is 10.9. The number of anilines is 1. The quantitative estimate of drug-likeness (QED) is 0.729. The highest BCUT2D eigenvalue weighted by Crippen LogP contribution is 2.41. The molecule has 1 nitrogen and oxygen atoms in total. The van der Waals surface area contributed by atoms with Gasteiger partial charge in [-0.3, -0.25) is 0 Å². The van der Waals surface area contributed by atoms with Gasteiger partial charge in [-0.25, -0.2) is 0 Å². The molecule has 0 bridgehead atoms. The van der Waals surface area contributed by atoms with Crippen LogP contribution in [-0.2, 0) is 12.6 Å². The van der Waals surface area contributed by atoms with Crippen molar-refractivity contribution < 1.29 is 13.2 Å². The third kappa shape index (κ3) is 2.47. The predicted molar refractivity (Wildman–Crippen MR) is 66.6 cm³/mol. The molecule has 2 rings (SSSR count). The van der Waals surface area contributed by atoms with E-state index in [1.165, 1.54) is 6.07 Å². The van der Waals surface area contributed by atoms with Crippen LogP contribution in [0.25, 0.3) is 0 Å². The molecule has 0 saturated carbocycles. The van der Waals surface area contributed by atoms with Crippen molar-refractivity contribution in [2.45, 2.75) is 33.4 Å². The maximum Gasteiger partial charge on any atom is 0.418 e. The maximum absolute atomic E-state index is 12.9. The number of para-hydroxylation sites is 1. The fourth-order valence-corrected chi connectivity index (χ4v) is 2.39. The van der Waals surface area contributed by atoms with Crippen LogP contribution in [-0.4, -0.2) is 6.54 Å². The molecule has 0 aliphatic carbocycles. The van der Waals surface area contributed by atoms with E-state index in [1.54, 1.807) is 6.07 Å². The second-order valence-electron chi connectivity index (χ2n) is 5.99. The van der Waals surface area contributed by atoms with Crippen molar-refractivity contribution in [3.05, 3.63) is 29.3 Å². The molecule has 0 amide bonds. The predicted octanol–water partition coefficient (Wildman–Crippen LogP) is 4.34. The summed E-state index contributed by atoms with van der Waals surface area (Å²) >= 11 is 0. The van der Waals surface area contributed by atoms with Gasteiger partial charge in [0, 0.05) is 12.2 Å². The Kier molecular flexibility index (Phi) is 3.07. The first-order chi connectivity index (χ1) is 8.19. The van der Waals surface area contributed by atoms with Crippen LogP contribution in [0.3, 0.4) is 0 Å². The van der Waals surface area contributed by atoms with E-state index in [2.05, 4.69) is 26.1 Å². The Morgan fingerprint density at radius 2 is 1.83 bits per heavy atom. The Morgan fingerprint density at radius 1 is 1.17 bits per heavy atom. The summed E-state index contributed by atoms with van der Waals surface area (Å²) < 4.78 is 38.6. The van der Waals surface area contributed by atoms with E-state index < -0.39 is 11.7 Å². The van der Waals surface area contributed by atoms with Crippen LogP contribution in [0.5, 0.6) is 0 Å². The van der Waals surface area contributed by atoms with Crippen LogP contribution in [0.15, 0.2) is 18.2 Å². The molecule has 0 saturated heterocycles. The molecule has 0 spiro atoms. The minimum absolute atomic E-state index is 0.0962. The Hall–Kier alpha value is -1.19. The molecular weight excluding hydrogens is 239 g/mol. The van der Waals surface area contributed by atoms with Gasteiger partial charge in [0.25, 0.3) is 0 Å². The van der Waals surface area contributed by atoms with Gasteiger partial charge in [-0.1, -0.05) is 32.9 Å². The summed E-state index contributed by atoms with van der Waals surface area (Å²) in [5, 5.41) is 2.97. The molecule has 100 valence electrons. The van der Waals surface area contributed by atoms with E-state index in [9.17, 15) is 13.2 Å². The van der Waals surface area contributed by atoms with Crippen molar-refractivity contribution in [2.75, 3.05) is 11.9 Å². The Morgan fingerprint density at radius 3 is 2.39 bits per heavy atom. The lowest BCUT2D eigenvalue weighted by atomic mass is 9.75. The van der Waals surface area contributed by atoms with E-state index in [4.69, 9.17) is 0 Å². The van der Waals surface area contributed by atoms with Gasteiger partial charge < -0.3 is 5.32 Å². The highest BCUT2D eigenvalue weighted by Gasteiger charge is 2.37. The molecular formula is C14H18F3N. The number of nitrogens with one attached hydrogen (secondary N) is 1.